The largest absolute Gasteiger partial charge is 0.299 e. The van der Waals surface area contributed by atoms with Crippen molar-refractivity contribution in [2.45, 2.75) is 39.0 Å². The van der Waals surface area contributed by atoms with Crippen LogP contribution in [0.5, 0.6) is 0 Å². The summed E-state index contributed by atoms with van der Waals surface area (Å²) in [6, 6.07) is 0. The van der Waals surface area contributed by atoms with Crippen LogP contribution in [0.1, 0.15) is 43.1 Å². The van der Waals surface area contributed by atoms with Gasteiger partial charge < -0.3 is 0 Å². The number of carbonyl (C=O) groups is 1. The van der Waals surface area contributed by atoms with Crippen molar-refractivity contribution in [3.8, 4) is 0 Å². The van der Waals surface area contributed by atoms with E-state index in [4.69, 9.17) is 0 Å². The second-order valence-electron chi connectivity index (χ2n) is 3.75. The predicted octanol–water partition coefficient (Wildman–Crippen LogP) is 1.59. The molecule has 70 valence electrons. The number of rotatable bonds is 2. The first kappa shape index (κ1) is 8.48. The van der Waals surface area contributed by atoms with Crippen LogP contribution in [0.3, 0.4) is 0 Å². The van der Waals surface area contributed by atoms with Gasteiger partial charge in [-0.05, 0) is 38.7 Å². The van der Waals surface area contributed by atoms with Crippen molar-refractivity contribution in [1.29, 1.82) is 0 Å². The third kappa shape index (κ3) is 1.28. The Hall–Kier alpha value is -1.12. The van der Waals surface area contributed by atoms with Crippen molar-refractivity contribution >= 4 is 5.78 Å². The van der Waals surface area contributed by atoms with Crippen LogP contribution in [0.4, 0.5) is 0 Å². The lowest BCUT2D eigenvalue weighted by molar-refractivity contribution is -0.118. The van der Waals surface area contributed by atoms with Crippen molar-refractivity contribution in [2.75, 3.05) is 0 Å². The zero-order chi connectivity index (χ0) is 9.42. The monoisotopic (exact) mass is 178 g/mol. The van der Waals surface area contributed by atoms with Crippen LogP contribution in [0.15, 0.2) is 0 Å². The van der Waals surface area contributed by atoms with Gasteiger partial charge in [-0.25, -0.2) is 0 Å². The Bertz CT molecular complexity index is 341. The molecule has 0 saturated carbocycles. The molecule has 1 heterocycles. The fourth-order valence-corrected chi connectivity index (χ4v) is 1.90. The molecule has 0 spiro atoms. The highest BCUT2D eigenvalue weighted by molar-refractivity contribution is 5.82. The van der Waals surface area contributed by atoms with E-state index in [1.54, 1.807) is 6.92 Å². The van der Waals surface area contributed by atoms with Gasteiger partial charge in [0.1, 0.15) is 5.78 Å². The Labute approximate surface area is 77.5 Å². The minimum Gasteiger partial charge on any atom is -0.299 e. The van der Waals surface area contributed by atoms with Crippen molar-refractivity contribution in [2.24, 2.45) is 0 Å². The second-order valence-corrected chi connectivity index (χ2v) is 3.75. The summed E-state index contributed by atoms with van der Waals surface area (Å²) in [5.41, 5.74) is 3.51. The van der Waals surface area contributed by atoms with E-state index in [0.717, 1.165) is 18.5 Å². The second kappa shape index (κ2) is 2.98. The van der Waals surface area contributed by atoms with Crippen LogP contribution in [-0.4, -0.2) is 16.0 Å². The summed E-state index contributed by atoms with van der Waals surface area (Å²) < 4.78 is 0. The molecule has 3 nitrogen and oxygen atoms in total. The minimum atomic E-state index is -0.0434. The average molecular weight is 178 g/mol. The Morgan fingerprint density at radius 3 is 3.00 bits per heavy atom. The lowest BCUT2D eigenvalue weighted by Crippen LogP contribution is -2.06. The number of Topliss-reactive ketones (excluding diaryl/α,β-unsaturated/α-hetero) is 1. The molecular formula is C10H14N2O. The molecule has 0 fully saturated rings. The van der Waals surface area contributed by atoms with E-state index in [1.165, 1.54) is 17.7 Å². The number of nitrogens with zero attached hydrogens (tertiary/aromatic N) is 1. The van der Waals surface area contributed by atoms with Gasteiger partial charge in [0.2, 0.25) is 0 Å². The van der Waals surface area contributed by atoms with Crippen molar-refractivity contribution in [3.05, 3.63) is 17.0 Å². The average Bonchev–Trinajstić information content (AvgIpc) is 2.61. The summed E-state index contributed by atoms with van der Waals surface area (Å²) in [4.78, 5) is 11.2. The summed E-state index contributed by atoms with van der Waals surface area (Å²) in [5.74, 6) is 0.152. The highest BCUT2D eigenvalue weighted by Crippen LogP contribution is 2.27. The zero-order valence-corrected chi connectivity index (χ0v) is 8.05. The number of ketones is 1. The first-order valence-electron chi connectivity index (χ1n) is 4.76. The molecule has 1 aromatic rings. The number of hydrogen-bond acceptors (Lipinski definition) is 2. The molecule has 3 heteroatoms. The van der Waals surface area contributed by atoms with E-state index in [9.17, 15) is 4.79 Å². The van der Waals surface area contributed by atoms with Crippen molar-refractivity contribution < 1.29 is 4.79 Å². The number of H-pyrrole nitrogens is 1. The lowest BCUT2D eigenvalue weighted by Gasteiger charge is -2.04. The Morgan fingerprint density at radius 1 is 1.54 bits per heavy atom. The van der Waals surface area contributed by atoms with Gasteiger partial charge >= 0.3 is 0 Å². The predicted molar refractivity (Wildman–Crippen MR) is 49.7 cm³/mol. The third-order valence-corrected chi connectivity index (χ3v) is 2.86. The quantitative estimate of drug-likeness (QED) is 0.747. The summed E-state index contributed by atoms with van der Waals surface area (Å²) in [6.07, 6.45) is 3.37. The van der Waals surface area contributed by atoms with Crippen LogP contribution in [0.2, 0.25) is 0 Å². The van der Waals surface area contributed by atoms with E-state index >= 15 is 0 Å². The van der Waals surface area contributed by atoms with Crippen molar-refractivity contribution in [3.63, 3.8) is 0 Å². The van der Waals surface area contributed by atoms with Crippen LogP contribution in [0, 0.1) is 0 Å². The van der Waals surface area contributed by atoms with E-state index < -0.39 is 0 Å². The molecule has 0 radical (unpaired) electrons. The first-order valence-corrected chi connectivity index (χ1v) is 4.76. The number of aromatic amines is 1. The van der Waals surface area contributed by atoms with Gasteiger partial charge in [0, 0.05) is 5.69 Å². The van der Waals surface area contributed by atoms with E-state index in [-0.39, 0.29) is 11.7 Å². The molecule has 1 aliphatic carbocycles. The number of nitrogens with one attached hydrogen (secondary N) is 1. The molecular weight excluding hydrogens is 164 g/mol. The van der Waals surface area contributed by atoms with E-state index in [2.05, 4.69) is 10.2 Å². The zero-order valence-electron chi connectivity index (χ0n) is 8.05. The molecule has 1 aromatic heterocycles. The van der Waals surface area contributed by atoms with Gasteiger partial charge in [0.15, 0.2) is 0 Å². The Balaban J connectivity index is 2.36. The molecule has 0 amide bonds. The van der Waals surface area contributed by atoms with Gasteiger partial charge in [-0.2, -0.15) is 5.10 Å². The van der Waals surface area contributed by atoms with Crippen LogP contribution in [-0.2, 0) is 17.6 Å². The summed E-state index contributed by atoms with van der Waals surface area (Å²) in [5, 5.41) is 7.23. The summed E-state index contributed by atoms with van der Waals surface area (Å²) >= 11 is 0. The van der Waals surface area contributed by atoms with Gasteiger partial charge in [0.25, 0.3) is 0 Å². The molecule has 0 bridgehead atoms. The third-order valence-electron chi connectivity index (χ3n) is 2.86. The molecule has 1 unspecified atom stereocenters. The maximum atomic E-state index is 11.2. The fraction of sp³-hybridized carbons (Fsp3) is 0.600. The molecule has 1 N–H and O–H groups in total. The molecule has 1 atom stereocenters. The van der Waals surface area contributed by atoms with E-state index in [1.807, 2.05) is 6.92 Å². The molecule has 0 aliphatic heterocycles. The molecule has 13 heavy (non-hydrogen) atoms. The SMILES string of the molecule is CC(=O)C(C)c1n[nH]c2c1CCC2. The first-order chi connectivity index (χ1) is 6.20. The maximum absolute atomic E-state index is 11.2. The maximum Gasteiger partial charge on any atom is 0.138 e. The van der Waals surface area contributed by atoms with Gasteiger partial charge in [-0.1, -0.05) is 0 Å². The van der Waals surface area contributed by atoms with Gasteiger partial charge in [-0.3, -0.25) is 9.89 Å². The number of aryl methyl sites for hydroxylation is 1. The number of carbonyl (C=O) groups excluding carboxylic acids is 1. The highest BCUT2D eigenvalue weighted by atomic mass is 16.1. The Kier molecular flexibility index (Phi) is 1.94. The molecule has 0 aromatic carbocycles. The summed E-state index contributed by atoms with van der Waals surface area (Å²) in [6.45, 7) is 3.55. The number of fused-ring (bicyclic) bond motifs is 1. The molecule has 0 saturated heterocycles. The molecule has 1 aliphatic rings. The standard InChI is InChI=1S/C10H14N2O/c1-6(7(2)13)10-8-4-3-5-9(8)11-12-10/h6H,3-5H2,1-2H3,(H,11,12). The van der Waals surface area contributed by atoms with Crippen LogP contribution >= 0.6 is 0 Å². The summed E-state index contributed by atoms with van der Waals surface area (Å²) in [7, 11) is 0. The van der Waals surface area contributed by atoms with Crippen LogP contribution < -0.4 is 0 Å². The van der Waals surface area contributed by atoms with Gasteiger partial charge in [0.05, 0.1) is 11.6 Å². The normalized spacial score (nSPS) is 17.1. The smallest absolute Gasteiger partial charge is 0.138 e. The van der Waals surface area contributed by atoms with Gasteiger partial charge in [-0.15, -0.1) is 0 Å². The molecule has 2 rings (SSSR count). The minimum absolute atomic E-state index is 0.0434. The topological polar surface area (TPSA) is 45.8 Å². The van der Waals surface area contributed by atoms with Crippen LogP contribution in [0.25, 0.3) is 0 Å². The fourth-order valence-electron chi connectivity index (χ4n) is 1.90. The Morgan fingerprint density at radius 2 is 2.31 bits per heavy atom. The number of hydrogen-bond donors (Lipinski definition) is 1. The lowest BCUT2D eigenvalue weighted by atomic mass is 9.99. The van der Waals surface area contributed by atoms with Crippen molar-refractivity contribution in [1.82, 2.24) is 10.2 Å². The number of aromatic nitrogens is 2. The van der Waals surface area contributed by atoms with E-state index in [0.29, 0.717) is 0 Å². The highest BCUT2D eigenvalue weighted by Gasteiger charge is 2.23.